The Hall–Kier alpha value is -2.30. The fourth-order valence-electron chi connectivity index (χ4n) is 3.33. The molecule has 0 saturated carbocycles. The van der Waals surface area contributed by atoms with Gasteiger partial charge >= 0.3 is 0 Å². The number of hydrogen-bond acceptors (Lipinski definition) is 3. The molecule has 0 fully saturated rings. The van der Waals surface area contributed by atoms with Crippen molar-refractivity contribution in [3.05, 3.63) is 59.0 Å². The standard InChI is InChI=1S/C21H21ClN4.ClH/c1-3-4-5-14-6-7-15(11-16(14)22)26-19-10-13(2)25-17-8-9-18-21(20(17)19)24-12-23-18;/h6-12,25-26H,3-5H2,1-2H3;1H. The molecule has 140 valence electrons. The summed E-state index contributed by atoms with van der Waals surface area (Å²) in [6.45, 7) is 4.24. The van der Waals surface area contributed by atoms with Crippen LogP contribution < -0.4 is 5.32 Å². The summed E-state index contributed by atoms with van der Waals surface area (Å²) in [4.78, 5) is 12.2. The van der Waals surface area contributed by atoms with Gasteiger partial charge in [0.2, 0.25) is 0 Å². The Bertz CT molecular complexity index is 1090. The summed E-state index contributed by atoms with van der Waals surface area (Å²) < 4.78 is 0. The number of aromatic nitrogens is 3. The summed E-state index contributed by atoms with van der Waals surface area (Å²) in [7, 11) is 0. The van der Waals surface area contributed by atoms with Crippen molar-refractivity contribution in [3.8, 4) is 0 Å². The number of unbranched alkanes of at least 4 members (excludes halogenated alkanes) is 1. The molecule has 0 unspecified atom stereocenters. The summed E-state index contributed by atoms with van der Waals surface area (Å²) in [5.41, 5.74) is 7.07. The van der Waals surface area contributed by atoms with Crippen LogP contribution in [0, 0.1) is 6.92 Å². The van der Waals surface area contributed by atoms with Gasteiger partial charge in [-0.15, -0.1) is 12.4 Å². The third-order valence-electron chi connectivity index (χ3n) is 4.63. The molecule has 0 bridgehead atoms. The molecule has 0 amide bonds. The normalized spacial score (nSPS) is 10.9. The van der Waals surface area contributed by atoms with Gasteiger partial charge in [0, 0.05) is 27.3 Å². The number of benzene rings is 2. The van der Waals surface area contributed by atoms with Crippen LogP contribution in [0.4, 0.5) is 11.4 Å². The average Bonchev–Trinajstić information content (AvgIpc) is 3.09. The van der Waals surface area contributed by atoms with E-state index in [0.717, 1.165) is 56.9 Å². The molecule has 4 nitrogen and oxygen atoms in total. The second-order valence-electron chi connectivity index (χ2n) is 6.63. The Morgan fingerprint density at radius 2 is 1.96 bits per heavy atom. The molecule has 0 saturated heterocycles. The Kier molecular flexibility index (Phi) is 5.88. The van der Waals surface area contributed by atoms with Crippen molar-refractivity contribution in [2.75, 3.05) is 5.32 Å². The molecule has 0 spiro atoms. The van der Waals surface area contributed by atoms with Crippen molar-refractivity contribution in [1.29, 1.82) is 0 Å². The van der Waals surface area contributed by atoms with E-state index < -0.39 is 0 Å². The van der Waals surface area contributed by atoms with Gasteiger partial charge in [-0.25, -0.2) is 9.97 Å². The van der Waals surface area contributed by atoms with E-state index in [4.69, 9.17) is 11.6 Å². The van der Waals surface area contributed by atoms with Gasteiger partial charge in [-0.3, -0.25) is 0 Å². The van der Waals surface area contributed by atoms with Gasteiger partial charge in [0.1, 0.15) is 11.8 Å². The number of nitrogens with one attached hydrogen (secondary N) is 2. The Morgan fingerprint density at radius 3 is 2.74 bits per heavy atom. The van der Waals surface area contributed by atoms with E-state index in [2.05, 4.69) is 45.4 Å². The number of fused-ring (bicyclic) bond motifs is 3. The molecule has 6 heteroatoms. The van der Waals surface area contributed by atoms with Crippen LogP contribution in [0.3, 0.4) is 0 Å². The number of anilines is 2. The monoisotopic (exact) mass is 400 g/mol. The third kappa shape index (κ3) is 3.87. The number of aryl methyl sites for hydroxylation is 2. The largest absolute Gasteiger partial charge is 0.358 e. The van der Waals surface area contributed by atoms with Crippen molar-refractivity contribution in [2.45, 2.75) is 33.1 Å². The van der Waals surface area contributed by atoms with Gasteiger partial charge in [-0.2, -0.15) is 0 Å². The molecule has 0 atom stereocenters. The van der Waals surface area contributed by atoms with Crippen molar-refractivity contribution >= 4 is 57.3 Å². The number of pyridine rings is 1. The van der Waals surface area contributed by atoms with E-state index in [9.17, 15) is 0 Å². The van der Waals surface area contributed by atoms with E-state index in [1.807, 2.05) is 25.1 Å². The molecule has 0 aliphatic carbocycles. The zero-order valence-electron chi connectivity index (χ0n) is 15.3. The second kappa shape index (κ2) is 8.15. The van der Waals surface area contributed by atoms with Crippen molar-refractivity contribution in [3.63, 3.8) is 0 Å². The summed E-state index contributed by atoms with van der Waals surface area (Å²) >= 11 is 6.49. The second-order valence-corrected chi connectivity index (χ2v) is 7.04. The molecule has 27 heavy (non-hydrogen) atoms. The van der Waals surface area contributed by atoms with Crippen LogP contribution in [0.2, 0.25) is 5.02 Å². The summed E-state index contributed by atoms with van der Waals surface area (Å²) in [5.74, 6) is 0. The summed E-state index contributed by atoms with van der Waals surface area (Å²) in [6, 6.07) is 12.3. The molecule has 0 aliphatic rings. The summed E-state index contributed by atoms with van der Waals surface area (Å²) in [5, 5.41) is 5.37. The third-order valence-corrected chi connectivity index (χ3v) is 4.99. The Labute approximate surface area is 169 Å². The van der Waals surface area contributed by atoms with E-state index in [1.165, 1.54) is 12.0 Å². The number of imidazole rings is 1. The van der Waals surface area contributed by atoms with Crippen LogP contribution in [0.25, 0.3) is 21.9 Å². The predicted molar refractivity (Wildman–Crippen MR) is 117 cm³/mol. The summed E-state index contributed by atoms with van der Waals surface area (Å²) in [6.07, 6.45) is 4.94. The topological polar surface area (TPSA) is 53.6 Å². The first kappa shape index (κ1) is 19.5. The highest BCUT2D eigenvalue weighted by atomic mass is 35.5. The Balaban J connectivity index is 0.00000210. The number of hydrogen-bond donors (Lipinski definition) is 2. The predicted octanol–water partition coefficient (Wildman–Crippen LogP) is 6.58. The molecule has 0 radical (unpaired) electrons. The van der Waals surface area contributed by atoms with E-state index in [-0.39, 0.29) is 12.4 Å². The van der Waals surface area contributed by atoms with Crippen LogP contribution in [-0.2, 0) is 6.42 Å². The lowest BCUT2D eigenvalue weighted by Crippen LogP contribution is -1.96. The maximum absolute atomic E-state index is 6.49. The molecule has 2 aromatic heterocycles. The molecule has 0 aliphatic heterocycles. The van der Waals surface area contributed by atoms with E-state index in [0.29, 0.717) is 0 Å². The molecule has 2 N–H and O–H groups in total. The fraction of sp³-hybridized carbons (Fsp3) is 0.238. The van der Waals surface area contributed by atoms with Gasteiger partial charge in [-0.05, 0) is 55.7 Å². The van der Waals surface area contributed by atoms with Gasteiger partial charge < -0.3 is 10.3 Å². The quantitative estimate of drug-likeness (QED) is 0.397. The minimum Gasteiger partial charge on any atom is -0.358 e. The number of halogens is 2. The molecule has 2 heterocycles. The van der Waals surface area contributed by atoms with Crippen LogP contribution in [0.1, 0.15) is 31.0 Å². The van der Waals surface area contributed by atoms with Crippen LogP contribution in [-0.4, -0.2) is 15.0 Å². The smallest absolute Gasteiger partial charge is 0.116 e. The first-order chi connectivity index (χ1) is 12.7. The zero-order chi connectivity index (χ0) is 18.1. The van der Waals surface area contributed by atoms with E-state index >= 15 is 0 Å². The molecular weight excluding hydrogens is 379 g/mol. The number of H-pyrrole nitrogens is 1. The SMILES string of the molecule is CCCCc1ccc(Nc2cc(C)[nH]c3ccc4ncnc4c23)cc1Cl.Cl. The zero-order valence-corrected chi connectivity index (χ0v) is 16.9. The minimum absolute atomic E-state index is 0. The van der Waals surface area contributed by atoms with Gasteiger partial charge in [0.15, 0.2) is 0 Å². The molecule has 4 aromatic rings. The molecule has 4 rings (SSSR count). The highest BCUT2D eigenvalue weighted by molar-refractivity contribution is 6.31. The van der Waals surface area contributed by atoms with Gasteiger partial charge in [0.05, 0.1) is 11.2 Å². The van der Waals surface area contributed by atoms with Crippen molar-refractivity contribution in [1.82, 2.24) is 15.0 Å². The van der Waals surface area contributed by atoms with Crippen LogP contribution >= 0.6 is 24.0 Å². The number of rotatable bonds is 5. The lowest BCUT2D eigenvalue weighted by atomic mass is 10.1. The first-order valence-corrected chi connectivity index (χ1v) is 9.32. The molecule has 2 aromatic carbocycles. The van der Waals surface area contributed by atoms with Crippen molar-refractivity contribution < 1.29 is 0 Å². The first-order valence-electron chi connectivity index (χ1n) is 8.94. The lowest BCUT2D eigenvalue weighted by Gasteiger charge is -2.13. The fourth-order valence-corrected chi connectivity index (χ4v) is 3.60. The molecular formula is C21H22Cl2N4. The van der Waals surface area contributed by atoms with Gasteiger partial charge in [0.25, 0.3) is 0 Å². The van der Waals surface area contributed by atoms with Crippen molar-refractivity contribution in [2.24, 2.45) is 0 Å². The van der Waals surface area contributed by atoms with Gasteiger partial charge in [-0.1, -0.05) is 31.0 Å². The number of aromatic amines is 1. The van der Waals surface area contributed by atoms with Crippen LogP contribution in [0.5, 0.6) is 0 Å². The Morgan fingerprint density at radius 1 is 1.11 bits per heavy atom. The highest BCUT2D eigenvalue weighted by Crippen LogP contribution is 2.32. The minimum atomic E-state index is 0. The highest BCUT2D eigenvalue weighted by Gasteiger charge is 2.11. The van der Waals surface area contributed by atoms with E-state index in [1.54, 1.807) is 6.33 Å². The maximum Gasteiger partial charge on any atom is 0.116 e. The maximum atomic E-state index is 6.49. The average molecular weight is 401 g/mol. The lowest BCUT2D eigenvalue weighted by molar-refractivity contribution is 0.795. The number of nitrogens with zero attached hydrogens (tertiary/aromatic N) is 2. The van der Waals surface area contributed by atoms with Crippen LogP contribution in [0.15, 0.2) is 42.7 Å².